The molecule has 3 heterocycles. The molecule has 2 aromatic rings. The molecule has 0 N–H and O–H groups in total. The largest absolute Gasteiger partial charge is 0.355 e. The van der Waals surface area contributed by atoms with Crippen LogP contribution in [0.1, 0.15) is 25.3 Å². The van der Waals surface area contributed by atoms with Crippen LogP contribution < -0.4 is 4.90 Å². The van der Waals surface area contributed by atoms with Gasteiger partial charge in [0.1, 0.15) is 15.7 Å². The molecule has 22 heavy (non-hydrogen) atoms. The molecule has 2 aromatic heterocycles. The van der Waals surface area contributed by atoms with E-state index in [0.717, 1.165) is 24.3 Å². The summed E-state index contributed by atoms with van der Waals surface area (Å²) in [5.74, 6) is 1.77. The third-order valence-electron chi connectivity index (χ3n) is 4.12. The lowest BCUT2D eigenvalue weighted by molar-refractivity contribution is 0.442. The Morgan fingerprint density at radius 1 is 1.27 bits per heavy atom. The van der Waals surface area contributed by atoms with Gasteiger partial charge in [-0.15, -0.1) is 0 Å². The molecule has 6 heteroatoms. The van der Waals surface area contributed by atoms with Crippen LogP contribution in [0.5, 0.6) is 0 Å². The number of hydrogen-bond donors (Lipinski definition) is 0. The van der Waals surface area contributed by atoms with E-state index >= 15 is 0 Å². The van der Waals surface area contributed by atoms with Gasteiger partial charge in [0.05, 0.1) is 5.75 Å². The van der Waals surface area contributed by atoms with Crippen LogP contribution in [0.4, 0.5) is 5.82 Å². The molecule has 3 rings (SSSR count). The molecule has 0 unspecified atom stereocenters. The zero-order valence-corrected chi connectivity index (χ0v) is 14.0. The van der Waals surface area contributed by atoms with E-state index in [-0.39, 0.29) is 11.7 Å². The highest BCUT2D eigenvalue weighted by molar-refractivity contribution is 7.90. The molecule has 1 aliphatic heterocycles. The molecule has 0 saturated carbocycles. The SMILES string of the molecule is CC(C)c1cnc(N2CC(CS(C)(=O)=O)C2)c2cnccc12. The number of hydrogen-bond acceptors (Lipinski definition) is 5. The molecule has 1 saturated heterocycles. The predicted octanol–water partition coefficient (Wildman–Crippen LogP) is 2.23. The third kappa shape index (κ3) is 2.92. The zero-order valence-electron chi connectivity index (χ0n) is 13.2. The Morgan fingerprint density at radius 2 is 2.00 bits per heavy atom. The van der Waals surface area contributed by atoms with Crippen molar-refractivity contribution >= 4 is 26.4 Å². The second-order valence-corrected chi connectivity index (χ2v) is 8.66. The number of anilines is 1. The average molecular weight is 319 g/mol. The van der Waals surface area contributed by atoms with Crippen LogP contribution in [0.25, 0.3) is 10.8 Å². The summed E-state index contributed by atoms with van der Waals surface area (Å²) in [6, 6.07) is 2.03. The maximum atomic E-state index is 11.4. The van der Waals surface area contributed by atoms with Gasteiger partial charge < -0.3 is 4.90 Å². The Kier molecular flexibility index (Phi) is 3.80. The predicted molar refractivity (Wildman–Crippen MR) is 89.0 cm³/mol. The summed E-state index contributed by atoms with van der Waals surface area (Å²) in [7, 11) is -2.91. The lowest BCUT2D eigenvalue weighted by Gasteiger charge is -2.40. The van der Waals surface area contributed by atoms with Crippen LogP contribution in [-0.2, 0) is 9.84 Å². The van der Waals surface area contributed by atoms with Crippen molar-refractivity contribution < 1.29 is 8.42 Å². The molecule has 0 radical (unpaired) electrons. The van der Waals surface area contributed by atoms with Gasteiger partial charge in [0, 0.05) is 49.2 Å². The van der Waals surface area contributed by atoms with Crippen molar-refractivity contribution in [2.24, 2.45) is 5.92 Å². The maximum absolute atomic E-state index is 11.4. The zero-order chi connectivity index (χ0) is 15.9. The molecule has 0 bridgehead atoms. The molecule has 0 atom stereocenters. The maximum Gasteiger partial charge on any atom is 0.147 e. The van der Waals surface area contributed by atoms with Crippen LogP contribution in [-0.4, -0.2) is 43.5 Å². The molecule has 118 valence electrons. The van der Waals surface area contributed by atoms with E-state index < -0.39 is 9.84 Å². The summed E-state index contributed by atoms with van der Waals surface area (Å²) in [6.07, 6.45) is 6.89. The fraction of sp³-hybridized carbons (Fsp3) is 0.500. The van der Waals surface area contributed by atoms with Crippen LogP contribution in [0.3, 0.4) is 0 Å². The molecule has 1 fully saturated rings. The van der Waals surface area contributed by atoms with Gasteiger partial charge in [-0.3, -0.25) is 4.98 Å². The number of sulfone groups is 1. The van der Waals surface area contributed by atoms with Crippen molar-refractivity contribution in [3.8, 4) is 0 Å². The van der Waals surface area contributed by atoms with Crippen molar-refractivity contribution in [3.05, 3.63) is 30.2 Å². The second-order valence-electron chi connectivity index (χ2n) is 6.48. The van der Waals surface area contributed by atoms with Gasteiger partial charge in [-0.25, -0.2) is 13.4 Å². The van der Waals surface area contributed by atoms with E-state index in [4.69, 9.17) is 0 Å². The van der Waals surface area contributed by atoms with E-state index in [0.29, 0.717) is 5.92 Å². The Hall–Kier alpha value is -1.69. The highest BCUT2D eigenvalue weighted by atomic mass is 32.2. The second kappa shape index (κ2) is 5.50. The minimum atomic E-state index is -2.91. The first-order chi connectivity index (χ1) is 10.3. The van der Waals surface area contributed by atoms with Gasteiger partial charge in [0.2, 0.25) is 0 Å². The van der Waals surface area contributed by atoms with E-state index in [1.165, 1.54) is 17.2 Å². The summed E-state index contributed by atoms with van der Waals surface area (Å²) < 4.78 is 22.7. The highest BCUT2D eigenvalue weighted by Crippen LogP contribution is 2.33. The summed E-state index contributed by atoms with van der Waals surface area (Å²) in [4.78, 5) is 11.0. The fourth-order valence-corrected chi connectivity index (χ4v) is 4.15. The van der Waals surface area contributed by atoms with Gasteiger partial charge >= 0.3 is 0 Å². The van der Waals surface area contributed by atoms with Gasteiger partial charge in [-0.05, 0) is 22.9 Å². The minimum Gasteiger partial charge on any atom is -0.355 e. The standard InChI is InChI=1S/C16H21N3O2S/c1-11(2)14-7-18-16(15-6-17-5-4-13(14)15)19-8-12(9-19)10-22(3,20)21/h4-7,11-12H,8-10H2,1-3H3. The lowest BCUT2D eigenvalue weighted by Crippen LogP contribution is -2.50. The third-order valence-corrected chi connectivity index (χ3v) is 5.19. The molecule has 1 aliphatic rings. The number of aromatic nitrogens is 2. The fourth-order valence-electron chi connectivity index (χ4n) is 3.08. The van der Waals surface area contributed by atoms with Gasteiger partial charge in [0.25, 0.3) is 0 Å². The van der Waals surface area contributed by atoms with Crippen LogP contribution in [0.15, 0.2) is 24.7 Å². The smallest absolute Gasteiger partial charge is 0.147 e. The van der Waals surface area contributed by atoms with Crippen LogP contribution >= 0.6 is 0 Å². The van der Waals surface area contributed by atoms with Crippen molar-refractivity contribution in [2.75, 3.05) is 30.0 Å². The van der Waals surface area contributed by atoms with Gasteiger partial charge in [-0.1, -0.05) is 13.8 Å². The highest BCUT2D eigenvalue weighted by Gasteiger charge is 2.31. The van der Waals surface area contributed by atoms with Crippen molar-refractivity contribution in [3.63, 3.8) is 0 Å². The number of nitrogens with zero attached hydrogens (tertiary/aromatic N) is 3. The van der Waals surface area contributed by atoms with Crippen molar-refractivity contribution in [2.45, 2.75) is 19.8 Å². The summed E-state index contributed by atoms with van der Waals surface area (Å²) in [6.45, 7) is 5.79. The lowest BCUT2D eigenvalue weighted by atomic mass is 9.97. The Balaban J connectivity index is 1.89. The van der Waals surface area contributed by atoms with E-state index in [1.54, 1.807) is 6.20 Å². The molecule has 0 spiro atoms. The Bertz CT molecular complexity index is 796. The average Bonchev–Trinajstić information content (AvgIpc) is 2.40. The molecular weight excluding hydrogens is 298 g/mol. The van der Waals surface area contributed by atoms with Gasteiger partial charge in [-0.2, -0.15) is 0 Å². The Morgan fingerprint density at radius 3 is 2.64 bits per heavy atom. The first kappa shape index (κ1) is 15.2. The number of rotatable bonds is 4. The summed E-state index contributed by atoms with van der Waals surface area (Å²) >= 11 is 0. The first-order valence-corrected chi connectivity index (χ1v) is 9.56. The Labute approximate surface area is 131 Å². The summed E-state index contributed by atoms with van der Waals surface area (Å²) in [5, 5.41) is 2.23. The quantitative estimate of drug-likeness (QED) is 0.865. The molecule has 0 aromatic carbocycles. The molecule has 5 nitrogen and oxygen atoms in total. The van der Waals surface area contributed by atoms with Crippen LogP contribution in [0.2, 0.25) is 0 Å². The van der Waals surface area contributed by atoms with Crippen molar-refractivity contribution in [1.82, 2.24) is 9.97 Å². The topological polar surface area (TPSA) is 63.2 Å². The molecule has 0 aliphatic carbocycles. The van der Waals surface area contributed by atoms with E-state index in [9.17, 15) is 8.42 Å². The van der Waals surface area contributed by atoms with Crippen LogP contribution in [0, 0.1) is 5.92 Å². The first-order valence-electron chi connectivity index (χ1n) is 7.50. The summed E-state index contributed by atoms with van der Waals surface area (Å²) in [5.41, 5.74) is 1.22. The minimum absolute atomic E-state index is 0.202. The van der Waals surface area contributed by atoms with E-state index in [2.05, 4.69) is 28.7 Å². The monoisotopic (exact) mass is 319 g/mol. The molecule has 0 amide bonds. The van der Waals surface area contributed by atoms with Gasteiger partial charge in [0.15, 0.2) is 0 Å². The molecular formula is C16H21N3O2S. The van der Waals surface area contributed by atoms with Crippen molar-refractivity contribution in [1.29, 1.82) is 0 Å². The normalized spacial score (nSPS) is 16.3. The van der Waals surface area contributed by atoms with E-state index in [1.807, 2.05) is 18.5 Å². The number of fused-ring (bicyclic) bond motifs is 1. The number of pyridine rings is 2.